The van der Waals surface area contributed by atoms with Crippen molar-refractivity contribution in [1.82, 2.24) is 5.32 Å². The molecule has 0 spiro atoms. The fourth-order valence-corrected chi connectivity index (χ4v) is 2.24. The van der Waals surface area contributed by atoms with Gasteiger partial charge in [-0.2, -0.15) is 0 Å². The van der Waals surface area contributed by atoms with Crippen molar-refractivity contribution in [3.05, 3.63) is 28.7 Å². The van der Waals surface area contributed by atoms with Gasteiger partial charge in [0.05, 0.1) is 11.1 Å². The predicted molar refractivity (Wildman–Crippen MR) is 85.8 cm³/mol. The van der Waals surface area contributed by atoms with E-state index in [-0.39, 0.29) is 0 Å². The summed E-state index contributed by atoms with van der Waals surface area (Å²) in [5.41, 5.74) is 0. The average Bonchev–Trinajstić information content (AvgIpc) is 2.38. The molecule has 0 saturated carbocycles. The molecule has 0 aliphatic heterocycles. The van der Waals surface area contributed by atoms with E-state index in [1.807, 2.05) is 24.3 Å². The van der Waals surface area contributed by atoms with Crippen LogP contribution in [0.3, 0.4) is 0 Å². The lowest BCUT2D eigenvalue weighted by Gasteiger charge is -2.08. The van der Waals surface area contributed by atoms with E-state index in [1.54, 1.807) is 0 Å². The minimum Gasteiger partial charge on any atom is -0.492 e. The highest BCUT2D eigenvalue weighted by atomic mass is 79.9. The topological polar surface area (TPSA) is 21.3 Å². The first kappa shape index (κ1) is 16.5. The molecular formula is C16H26BrNO. The molecule has 0 atom stereocenters. The van der Waals surface area contributed by atoms with Gasteiger partial charge < -0.3 is 10.1 Å². The van der Waals surface area contributed by atoms with Crippen molar-refractivity contribution in [3.8, 4) is 5.75 Å². The van der Waals surface area contributed by atoms with Crippen LogP contribution in [0.5, 0.6) is 5.75 Å². The summed E-state index contributed by atoms with van der Waals surface area (Å²) in [5.74, 6) is 1.69. The molecule has 108 valence electrons. The molecule has 0 aliphatic carbocycles. The summed E-state index contributed by atoms with van der Waals surface area (Å²) >= 11 is 3.49. The lowest BCUT2D eigenvalue weighted by molar-refractivity contribution is 0.302. The molecule has 0 amide bonds. The van der Waals surface area contributed by atoms with Gasteiger partial charge in [0.1, 0.15) is 5.75 Å². The van der Waals surface area contributed by atoms with Crippen LogP contribution in [0, 0.1) is 5.92 Å². The largest absolute Gasteiger partial charge is 0.492 e. The molecule has 0 unspecified atom stereocenters. The summed E-state index contributed by atoms with van der Waals surface area (Å²) in [7, 11) is 0. The molecular weight excluding hydrogens is 302 g/mol. The van der Waals surface area contributed by atoms with Gasteiger partial charge >= 0.3 is 0 Å². The Morgan fingerprint density at radius 2 is 1.84 bits per heavy atom. The van der Waals surface area contributed by atoms with E-state index in [4.69, 9.17) is 4.74 Å². The number of ether oxygens (including phenoxy) is 1. The Balaban J connectivity index is 1.93. The molecule has 0 radical (unpaired) electrons. The number of unbranched alkanes of at least 4 members (excludes halogenated alkanes) is 3. The molecule has 0 aromatic heterocycles. The van der Waals surface area contributed by atoms with Crippen molar-refractivity contribution < 1.29 is 4.74 Å². The van der Waals surface area contributed by atoms with Crippen LogP contribution in [0.15, 0.2) is 28.7 Å². The van der Waals surface area contributed by atoms with Crippen molar-refractivity contribution >= 4 is 15.9 Å². The fourth-order valence-electron chi connectivity index (χ4n) is 1.84. The van der Waals surface area contributed by atoms with Gasteiger partial charge in [-0.05, 0) is 59.9 Å². The molecule has 1 aromatic carbocycles. The number of para-hydroxylation sites is 1. The third-order valence-corrected chi connectivity index (χ3v) is 3.55. The first-order chi connectivity index (χ1) is 9.20. The van der Waals surface area contributed by atoms with Gasteiger partial charge in [0.15, 0.2) is 0 Å². The average molecular weight is 328 g/mol. The van der Waals surface area contributed by atoms with Crippen LogP contribution < -0.4 is 10.1 Å². The van der Waals surface area contributed by atoms with Gasteiger partial charge in [-0.25, -0.2) is 0 Å². The Kier molecular flexibility index (Phi) is 8.93. The summed E-state index contributed by atoms with van der Waals surface area (Å²) in [6, 6.07) is 8.01. The van der Waals surface area contributed by atoms with Gasteiger partial charge in [0, 0.05) is 0 Å². The van der Waals surface area contributed by atoms with Crippen LogP contribution in [-0.2, 0) is 0 Å². The molecule has 0 bridgehead atoms. The third kappa shape index (κ3) is 8.27. The Morgan fingerprint density at radius 1 is 1.11 bits per heavy atom. The van der Waals surface area contributed by atoms with Crippen LogP contribution in [0.25, 0.3) is 0 Å². The summed E-state index contributed by atoms with van der Waals surface area (Å²) in [5, 5.41) is 3.47. The molecule has 19 heavy (non-hydrogen) atoms. The number of rotatable bonds is 10. The lowest BCUT2D eigenvalue weighted by atomic mass is 10.2. The van der Waals surface area contributed by atoms with Crippen LogP contribution in [0.4, 0.5) is 0 Å². The monoisotopic (exact) mass is 327 g/mol. The second kappa shape index (κ2) is 10.3. The van der Waals surface area contributed by atoms with Gasteiger partial charge in [-0.15, -0.1) is 0 Å². The van der Waals surface area contributed by atoms with Gasteiger partial charge in [0.25, 0.3) is 0 Å². The van der Waals surface area contributed by atoms with Crippen LogP contribution in [-0.4, -0.2) is 19.7 Å². The van der Waals surface area contributed by atoms with E-state index in [9.17, 15) is 0 Å². The zero-order valence-corrected chi connectivity index (χ0v) is 13.7. The smallest absolute Gasteiger partial charge is 0.133 e. The van der Waals surface area contributed by atoms with Crippen molar-refractivity contribution in [2.24, 2.45) is 5.92 Å². The number of benzene rings is 1. The van der Waals surface area contributed by atoms with Gasteiger partial charge in [-0.1, -0.05) is 38.8 Å². The van der Waals surface area contributed by atoms with Crippen LogP contribution in [0.2, 0.25) is 0 Å². The maximum absolute atomic E-state index is 5.73. The highest BCUT2D eigenvalue weighted by Crippen LogP contribution is 2.23. The first-order valence-electron chi connectivity index (χ1n) is 7.28. The Hall–Kier alpha value is -0.540. The Labute approximate surface area is 126 Å². The second-order valence-corrected chi connectivity index (χ2v) is 6.15. The highest BCUT2D eigenvalue weighted by Gasteiger charge is 1.98. The summed E-state index contributed by atoms with van der Waals surface area (Å²) in [6.07, 6.45) is 4.92. The fraction of sp³-hybridized carbons (Fsp3) is 0.625. The van der Waals surface area contributed by atoms with E-state index >= 15 is 0 Å². The minimum atomic E-state index is 0.748. The van der Waals surface area contributed by atoms with Crippen molar-refractivity contribution in [3.63, 3.8) is 0 Å². The normalized spacial score (nSPS) is 10.9. The van der Waals surface area contributed by atoms with E-state index in [2.05, 4.69) is 35.1 Å². The number of nitrogens with one attached hydrogen (secondary N) is 1. The summed E-state index contributed by atoms with van der Waals surface area (Å²) < 4.78 is 6.77. The predicted octanol–water partition coefficient (Wildman–Crippen LogP) is 4.63. The first-order valence-corrected chi connectivity index (χ1v) is 8.07. The molecule has 2 nitrogen and oxygen atoms in total. The molecule has 0 aliphatic rings. The Morgan fingerprint density at radius 3 is 2.58 bits per heavy atom. The second-order valence-electron chi connectivity index (χ2n) is 5.29. The molecule has 0 heterocycles. The third-order valence-electron chi connectivity index (χ3n) is 2.89. The molecule has 3 heteroatoms. The number of halogens is 1. The molecule has 1 rings (SSSR count). The maximum atomic E-state index is 5.73. The van der Waals surface area contributed by atoms with E-state index < -0.39 is 0 Å². The summed E-state index contributed by atoms with van der Waals surface area (Å²) in [4.78, 5) is 0. The lowest BCUT2D eigenvalue weighted by Crippen LogP contribution is -2.20. The van der Waals surface area contributed by atoms with Crippen molar-refractivity contribution in [2.75, 3.05) is 19.7 Å². The van der Waals surface area contributed by atoms with Crippen LogP contribution in [0.1, 0.15) is 39.5 Å². The zero-order chi connectivity index (χ0) is 13.9. The SMILES string of the molecule is CC(C)CNCCCCCCOc1ccccc1Br. The number of hydrogen-bond acceptors (Lipinski definition) is 2. The van der Waals surface area contributed by atoms with Gasteiger partial charge in [0.2, 0.25) is 0 Å². The quantitative estimate of drug-likeness (QED) is 0.632. The summed E-state index contributed by atoms with van der Waals surface area (Å²) in [6.45, 7) is 7.56. The maximum Gasteiger partial charge on any atom is 0.133 e. The molecule has 0 saturated heterocycles. The minimum absolute atomic E-state index is 0.748. The molecule has 0 fully saturated rings. The zero-order valence-electron chi connectivity index (χ0n) is 12.1. The van der Waals surface area contributed by atoms with Crippen molar-refractivity contribution in [2.45, 2.75) is 39.5 Å². The highest BCUT2D eigenvalue weighted by molar-refractivity contribution is 9.10. The van der Waals surface area contributed by atoms with E-state index in [1.165, 1.54) is 19.3 Å². The van der Waals surface area contributed by atoms with Crippen LogP contribution >= 0.6 is 15.9 Å². The van der Waals surface area contributed by atoms with E-state index in [0.29, 0.717) is 0 Å². The van der Waals surface area contributed by atoms with Crippen molar-refractivity contribution in [1.29, 1.82) is 0 Å². The van der Waals surface area contributed by atoms with E-state index in [0.717, 1.165) is 42.3 Å². The molecule has 1 N–H and O–H groups in total. The standard InChI is InChI=1S/C16H26BrNO/c1-14(2)13-18-11-7-3-4-8-12-19-16-10-6-5-9-15(16)17/h5-6,9-10,14,18H,3-4,7-8,11-13H2,1-2H3. The Bertz CT molecular complexity index is 341. The number of hydrogen-bond donors (Lipinski definition) is 1. The molecule has 1 aromatic rings. The van der Waals surface area contributed by atoms with Gasteiger partial charge in [-0.3, -0.25) is 0 Å².